The number of amides is 1. The highest BCUT2D eigenvalue weighted by molar-refractivity contribution is 5.93. The molecule has 0 aliphatic carbocycles. The number of benzene rings is 2. The summed E-state index contributed by atoms with van der Waals surface area (Å²) in [6.45, 7) is 0.891. The summed E-state index contributed by atoms with van der Waals surface area (Å²) in [6, 6.07) is 16.8. The normalized spacial score (nSPS) is 18.1. The Hall–Kier alpha value is -3.32. The molecule has 1 fully saturated rings. The Bertz CT molecular complexity index is 985. The molecule has 0 bridgehead atoms. The molecule has 1 amide bonds. The van der Waals surface area contributed by atoms with Crippen molar-refractivity contribution in [1.82, 2.24) is 10.1 Å². The number of carbonyl (C=O) groups is 1. The van der Waals surface area contributed by atoms with E-state index in [0.717, 1.165) is 11.1 Å². The summed E-state index contributed by atoms with van der Waals surface area (Å²) in [4.78, 5) is 14.6. The minimum Gasteiger partial charge on any atom is -0.454 e. The van der Waals surface area contributed by atoms with Crippen molar-refractivity contribution >= 4 is 5.91 Å². The highest BCUT2D eigenvalue weighted by atomic mass is 16.7. The van der Waals surface area contributed by atoms with E-state index in [1.165, 1.54) is 0 Å². The van der Waals surface area contributed by atoms with Crippen LogP contribution in [0, 0.1) is 0 Å². The van der Waals surface area contributed by atoms with E-state index in [1.54, 1.807) is 17.0 Å². The fraction of sp³-hybridized carbons (Fsp3) is 0.200. The molecular formula is C20H16N2O5. The summed E-state index contributed by atoms with van der Waals surface area (Å²) in [7, 11) is 0. The van der Waals surface area contributed by atoms with Gasteiger partial charge < -0.3 is 23.6 Å². The van der Waals surface area contributed by atoms with Crippen molar-refractivity contribution in [3.63, 3.8) is 0 Å². The minimum absolute atomic E-state index is 0.135. The molecule has 1 atom stereocenters. The second kappa shape index (κ2) is 6.44. The Kier molecular flexibility index (Phi) is 3.79. The van der Waals surface area contributed by atoms with Gasteiger partial charge in [0.15, 0.2) is 23.0 Å². The Morgan fingerprint density at radius 3 is 2.78 bits per heavy atom. The standard InChI is InChI=1S/C20H16N2O5/c23-20(22-11-24-10-16(22)13-4-2-1-3-5-13)15-9-18(27-21-15)14-6-7-17-19(8-14)26-12-25-17/h1-9,16H,10-12H2. The average molecular weight is 364 g/mol. The van der Waals surface area contributed by atoms with E-state index in [0.29, 0.717) is 23.9 Å². The molecule has 1 aromatic heterocycles. The number of carbonyl (C=O) groups excluding carboxylic acids is 1. The van der Waals surface area contributed by atoms with Crippen LogP contribution in [0.5, 0.6) is 11.5 Å². The molecule has 0 saturated carbocycles. The van der Waals surface area contributed by atoms with Crippen LogP contribution in [0.1, 0.15) is 22.1 Å². The van der Waals surface area contributed by atoms with Gasteiger partial charge in [-0.3, -0.25) is 4.79 Å². The number of hydrogen-bond acceptors (Lipinski definition) is 6. The van der Waals surface area contributed by atoms with Gasteiger partial charge in [0.1, 0.15) is 6.73 Å². The van der Waals surface area contributed by atoms with Crippen molar-refractivity contribution in [3.8, 4) is 22.8 Å². The first kappa shape index (κ1) is 15.9. The van der Waals surface area contributed by atoms with E-state index in [4.69, 9.17) is 18.7 Å². The van der Waals surface area contributed by atoms with Gasteiger partial charge in [0.05, 0.1) is 12.6 Å². The van der Waals surface area contributed by atoms with Gasteiger partial charge >= 0.3 is 0 Å². The lowest BCUT2D eigenvalue weighted by atomic mass is 10.1. The van der Waals surface area contributed by atoms with Crippen molar-refractivity contribution in [1.29, 1.82) is 0 Å². The zero-order chi connectivity index (χ0) is 18.2. The van der Waals surface area contributed by atoms with Crippen molar-refractivity contribution in [2.45, 2.75) is 6.04 Å². The second-order valence-corrected chi connectivity index (χ2v) is 6.35. The summed E-state index contributed by atoms with van der Waals surface area (Å²) in [6.07, 6.45) is 0. The molecule has 2 aromatic carbocycles. The number of hydrogen-bond donors (Lipinski definition) is 0. The largest absolute Gasteiger partial charge is 0.454 e. The molecule has 0 radical (unpaired) electrons. The smallest absolute Gasteiger partial charge is 0.278 e. The van der Waals surface area contributed by atoms with Gasteiger partial charge in [-0.1, -0.05) is 35.5 Å². The molecule has 3 heterocycles. The van der Waals surface area contributed by atoms with Crippen LogP contribution >= 0.6 is 0 Å². The molecule has 1 saturated heterocycles. The second-order valence-electron chi connectivity index (χ2n) is 6.35. The Morgan fingerprint density at radius 1 is 1.04 bits per heavy atom. The van der Waals surface area contributed by atoms with E-state index in [9.17, 15) is 4.79 Å². The highest BCUT2D eigenvalue weighted by Crippen LogP contribution is 2.36. The SMILES string of the molecule is O=C(c1cc(-c2ccc3c(c2)OCO3)on1)N1COCC1c1ccccc1. The molecule has 2 aliphatic heterocycles. The fourth-order valence-corrected chi connectivity index (χ4v) is 3.30. The quantitative estimate of drug-likeness (QED) is 0.710. The van der Waals surface area contributed by atoms with E-state index in [2.05, 4.69) is 5.16 Å². The Morgan fingerprint density at radius 2 is 1.89 bits per heavy atom. The van der Waals surface area contributed by atoms with Crippen LogP contribution < -0.4 is 9.47 Å². The lowest BCUT2D eigenvalue weighted by Gasteiger charge is -2.21. The summed E-state index contributed by atoms with van der Waals surface area (Å²) in [5, 5.41) is 3.96. The van der Waals surface area contributed by atoms with E-state index < -0.39 is 0 Å². The molecule has 7 nitrogen and oxygen atoms in total. The van der Waals surface area contributed by atoms with Crippen LogP contribution in [0.3, 0.4) is 0 Å². The van der Waals surface area contributed by atoms with Crippen molar-refractivity contribution in [2.24, 2.45) is 0 Å². The zero-order valence-corrected chi connectivity index (χ0v) is 14.3. The van der Waals surface area contributed by atoms with Gasteiger partial charge in [0, 0.05) is 11.6 Å². The first-order valence-corrected chi connectivity index (χ1v) is 8.60. The monoisotopic (exact) mass is 364 g/mol. The molecule has 0 N–H and O–H groups in total. The summed E-state index contributed by atoms with van der Waals surface area (Å²) in [5.41, 5.74) is 2.04. The minimum atomic E-state index is -0.225. The summed E-state index contributed by atoms with van der Waals surface area (Å²) in [5.74, 6) is 1.61. The number of ether oxygens (including phenoxy) is 3. The van der Waals surface area contributed by atoms with Crippen molar-refractivity contribution < 1.29 is 23.5 Å². The number of rotatable bonds is 3. The van der Waals surface area contributed by atoms with Gasteiger partial charge in [0.25, 0.3) is 5.91 Å². The van der Waals surface area contributed by atoms with E-state index in [1.807, 2.05) is 42.5 Å². The van der Waals surface area contributed by atoms with Crippen LogP contribution in [-0.2, 0) is 4.74 Å². The molecule has 0 spiro atoms. The third-order valence-corrected chi connectivity index (χ3v) is 4.71. The van der Waals surface area contributed by atoms with Gasteiger partial charge in [-0.2, -0.15) is 0 Å². The first-order valence-electron chi connectivity index (χ1n) is 8.60. The molecule has 136 valence electrons. The van der Waals surface area contributed by atoms with Gasteiger partial charge in [0.2, 0.25) is 6.79 Å². The third-order valence-electron chi connectivity index (χ3n) is 4.71. The van der Waals surface area contributed by atoms with Crippen LogP contribution in [0.15, 0.2) is 59.1 Å². The molecule has 5 rings (SSSR count). The number of fused-ring (bicyclic) bond motifs is 1. The lowest BCUT2D eigenvalue weighted by Crippen LogP contribution is -2.31. The van der Waals surface area contributed by atoms with Gasteiger partial charge in [-0.25, -0.2) is 0 Å². The Balaban J connectivity index is 1.40. The number of aromatic nitrogens is 1. The summed E-state index contributed by atoms with van der Waals surface area (Å²) < 4.78 is 21.6. The molecular weight excluding hydrogens is 348 g/mol. The molecule has 1 unspecified atom stereocenters. The zero-order valence-electron chi connectivity index (χ0n) is 14.3. The molecule has 27 heavy (non-hydrogen) atoms. The van der Waals surface area contributed by atoms with Crippen LogP contribution in [0.2, 0.25) is 0 Å². The molecule has 3 aromatic rings. The lowest BCUT2D eigenvalue weighted by molar-refractivity contribution is 0.0649. The van der Waals surface area contributed by atoms with Crippen molar-refractivity contribution in [2.75, 3.05) is 20.1 Å². The highest BCUT2D eigenvalue weighted by Gasteiger charge is 2.33. The molecule has 2 aliphatic rings. The van der Waals surface area contributed by atoms with E-state index in [-0.39, 0.29) is 31.2 Å². The summed E-state index contributed by atoms with van der Waals surface area (Å²) >= 11 is 0. The van der Waals surface area contributed by atoms with Gasteiger partial charge in [-0.15, -0.1) is 0 Å². The van der Waals surface area contributed by atoms with Crippen LogP contribution in [-0.4, -0.2) is 36.1 Å². The van der Waals surface area contributed by atoms with E-state index >= 15 is 0 Å². The predicted molar refractivity (Wildman–Crippen MR) is 94.2 cm³/mol. The van der Waals surface area contributed by atoms with Crippen LogP contribution in [0.4, 0.5) is 0 Å². The van der Waals surface area contributed by atoms with Crippen LogP contribution in [0.25, 0.3) is 11.3 Å². The average Bonchev–Trinajstić information content (AvgIpc) is 3.47. The first-order chi connectivity index (χ1) is 13.3. The fourth-order valence-electron chi connectivity index (χ4n) is 3.30. The maximum absolute atomic E-state index is 12.9. The molecule has 7 heteroatoms. The maximum Gasteiger partial charge on any atom is 0.278 e. The maximum atomic E-state index is 12.9. The third kappa shape index (κ3) is 2.82. The topological polar surface area (TPSA) is 74.0 Å². The number of nitrogens with zero attached hydrogens (tertiary/aromatic N) is 2. The van der Waals surface area contributed by atoms with Gasteiger partial charge in [-0.05, 0) is 23.8 Å². The predicted octanol–water partition coefficient (Wildman–Crippen LogP) is 3.24. The Labute approximate surface area is 155 Å². The van der Waals surface area contributed by atoms with Crippen molar-refractivity contribution in [3.05, 3.63) is 65.9 Å².